The standard InChI is InChI=1S/C13H12ClN3O3/c1-19-11-4-7(12(16)18)2-3-10(11)20-13-9(14)5-8(15)6-17-13/h2-6H,15H2,1H3,(H2,16,18). The SMILES string of the molecule is COc1cc(C(N)=O)ccc1Oc1ncc(N)cc1Cl. The van der Waals surface area contributed by atoms with Crippen LogP contribution in [0.4, 0.5) is 5.69 Å². The fourth-order valence-corrected chi connectivity index (χ4v) is 1.74. The smallest absolute Gasteiger partial charge is 0.248 e. The minimum absolute atomic E-state index is 0.186. The molecule has 0 saturated carbocycles. The van der Waals surface area contributed by atoms with Gasteiger partial charge in [0, 0.05) is 5.56 Å². The molecule has 2 rings (SSSR count). The van der Waals surface area contributed by atoms with Gasteiger partial charge in [0.15, 0.2) is 11.5 Å². The number of aromatic nitrogens is 1. The molecular formula is C13H12ClN3O3. The van der Waals surface area contributed by atoms with Crippen LogP contribution in [0.2, 0.25) is 5.02 Å². The molecule has 0 aliphatic rings. The lowest BCUT2D eigenvalue weighted by Gasteiger charge is -2.11. The fourth-order valence-electron chi connectivity index (χ4n) is 1.52. The molecular weight excluding hydrogens is 282 g/mol. The van der Waals surface area contributed by atoms with E-state index in [0.29, 0.717) is 22.7 Å². The lowest BCUT2D eigenvalue weighted by atomic mass is 10.2. The summed E-state index contributed by atoms with van der Waals surface area (Å²) in [7, 11) is 1.45. The highest BCUT2D eigenvalue weighted by molar-refractivity contribution is 6.32. The molecule has 2 aromatic rings. The van der Waals surface area contributed by atoms with Crippen molar-refractivity contribution in [3.05, 3.63) is 41.0 Å². The highest BCUT2D eigenvalue weighted by atomic mass is 35.5. The van der Waals surface area contributed by atoms with E-state index in [-0.39, 0.29) is 10.9 Å². The maximum absolute atomic E-state index is 11.1. The van der Waals surface area contributed by atoms with Gasteiger partial charge in [-0.05, 0) is 24.3 Å². The van der Waals surface area contributed by atoms with Crippen molar-refractivity contribution in [2.24, 2.45) is 5.73 Å². The fraction of sp³-hybridized carbons (Fsp3) is 0.0769. The van der Waals surface area contributed by atoms with Gasteiger partial charge in [0.1, 0.15) is 5.02 Å². The molecule has 0 bridgehead atoms. The number of amides is 1. The van der Waals surface area contributed by atoms with E-state index >= 15 is 0 Å². The average molecular weight is 294 g/mol. The number of hydrogen-bond acceptors (Lipinski definition) is 5. The third-order valence-corrected chi connectivity index (χ3v) is 2.75. The Labute approximate surface area is 120 Å². The minimum atomic E-state index is -0.557. The third kappa shape index (κ3) is 2.92. The molecule has 0 atom stereocenters. The Morgan fingerprint density at radius 3 is 2.65 bits per heavy atom. The molecule has 0 aliphatic carbocycles. The number of anilines is 1. The number of ether oxygens (including phenoxy) is 2. The summed E-state index contributed by atoms with van der Waals surface area (Å²) in [4.78, 5) is 15.1. The van der Waals surface area contributed by atoms with Crippen molar-refractivity contribution < 1.29 is 14.3 Å². The molecule has 1 aromatic heterocycles. The van der Waals surface area contributed by atoms with E-state index in [2.05, 4.69) is 4.98 Å². The molecule has 7 heteroatoms. The van der Waals surface area contributed by atoms with Gasteiger partial charge in [0.2, 0.25) is 11.8 Å². The van der Waals surface area contributed by atoms with Gasteiger partial charge in [-0.15, -0.1) is 0 Å². The van der Waals surface area contributed by atoms with Crippen LogP contribution in [0.3, 0.4) is 0 Å². The number of pyridine rings is 1. The first-order valence-corrected chi connectivity index (χ1v) is 5.95. The summed E-state index contributed by atoms with van der Waals surface area (Å²) in [5.74, 6) is 0.331. The van der Waals surface area contributed by atoms with Crippen LogP contribution in [-0.2, 0) is 0 Å². The van der Waals surface area contributed by atoms with E-state index in [1.54, 1.807) is 6.07 Å². The number of rotatable bonds is 4. The summed E-state index contributed by atoms with van der Waals surface area (Å²) in [6, 6.07) is 6.07. The summed E-state index contributed by atoms with van der Waals surface area (Å²) in [5, 5.41) is 0.269. The lowest BCUT2D eigenvalue weighted by molar-refractivity contribution is 0.1000. The monoisotopic (exact) mass is 293 g/mol. The zero-order valence-corrected chi connectivity index (χ0v) is 11.3. The molecule has 20 heavy (non-hydrogen) atoms. The van der Waals surface area contributed by atoms with Crippen molar-refractivity contribution >= 4 is 23.2 Å². The maximum atomic E-state index is 11.1. The Morgan fingerprint density at radius 2 is 2.05 bits per heavy atom. The Hall–Kier alpha value is -2.47. The summed E-state index contributed by atoms with van der Waals surface area (Å²) < 4.78 is 10.7. The number of methoxy groups -OCH3 is 1. The summed E-state index contributed by atoms with van der Waals surface area (Å²) in [6.45, 7) is 0. The Morgan fingerprint density at radius 1 is 1.30 bits per heavy atom. The van der Waals surface area contributed by atoms with Crippen LogP contribution in [0.1, 0.15) is 10.4 Å². The number of halogens is 1. The second-order valence-corrected chi connectivity index (χ2v) is 4.29. The topological polar surface area (TPSA) is 100 Å². The number of carbonyl (C=O) groups is 1. The highest BCUT2D eigenvalue weighted by Gasteiger charge is 2.12. The summed E-state index contributed by atoms with van der Waals surface area (Å²) >= 11 is 5.97. The molecule has 0 spiro atoms. The van der Waals surface area contributed by atoms with E-state index < -0.39 is 5.91 Å². The van der Waals surface area contributed by atoms with Gasteiger partial charge in [0.25, 0.3) is 0 Å². The minimum Gasteiger partial charge on any atom is -0.493 e. The normalized spacial score (nSPS) is 10.1. The van der Waals surface area contributed by atoms with E-state index in [1.807, 2.05) is 0 Å². The first-order chi connectivity index (χ1) is 9.51. The van der Waals surface area contributed by atoms with Crippen LogP contribution in [0.15, 0.2) is 30.5 Å². The number of primary amides is 1. The first-order valence-electron chi connectivity index (χ1n) is 5.58. The maximum Gasteiger partial charge on any atom is 0.248 e. The average Bonchev–Trinajstić information content (AvgIpc) is 2.42. The van der Waals surface area contributed by atoms with Crippen molar-refractivity contribution in [2.75, 3.05) is 12.8 Å². The second-order valence-electron chi connectivity index (χ2n) is 3.89. The molecule has 0 fully saturated rings. The van der Waals surface area contributed by atoms with E-state index in [0.717, 1.165) is 0 Å². The molecule has 1 amide bonds. The number of nitrogens with zero attached hydrogens (tertiary/aromatic N) is 1. The van der Waals surface area contributed by atoms with E-state index in [1.165, 1.54) is 31.5 Å². The molecule has 0 saturated heterocycles. The van der Waals surface area contributed by atoms with Gasteiger partial charge < -0.3 is 20.9 Å². The van der Waals surface area contributed by atoms with Crippen LogP contribution >= 0.6 is 11.6 Å². The van der Waals surface area contributed by atoms with Crippen molar-refractivity contribution in [3.8, 4) is 17.4 Å². The molecule has 104 valence electrons. The van der Waals surface area contributed by atoms with Crippen LogP contribution in [0, 0.1) is 0 Å². The summed E-state index contributed by atoms with van der Waals surface area (Å²) in [5.41, 5.74) is 11.5. The van der Waals surface area contributed by atoms with Gasteiger partial charge in [-0.2, -0.15) is 0 Å². The molecule has 1 aromatic carbocycles. The van der Waals surface area contributed by atoms with Crippen molar-refractivity contribution in [1.82, 2.24) is 4.98 Å². The lowest BCUT2D eigenvalue weighted by Crippen LogP contribution is -2.10. The van der Waals surface area contributed by atoms with E-state index in [4.69, 9.17) is 32.5 Å². The Kier molecular flexibility index (Phi) is 3.95. The first kappa shape index (κ1) is 14.0. The summed E-state index contributed by atoms with van der Waals surface area (Å²) in [6.07, 6.45) is 1.42. The quantitative estimate of drug-likeness (QED) is 0.900. The van der Waals surface area contributed by atoms with Crippen LogP contribution in [0.25, 0.3) is 0 Å². The molecule has 0 radical (unpaired) electrons. The van der Waals surface area contributed by atoms with Crippen molar-refractivity contribution in [2.45, 2.75) is 0 Å². The molecule has 6 nitrogen and oxygen atoms in total. The predicted molar refractivity (Wildman–Crippen MR) is 75.2 cm³/mol. The van der Waals surface area contributed by atoms with Gasteiger partial charge in [-0.25, -0.2) is 4.98 Å². The highest BCUT2D eigenvalue weighted by Crippen LogP contribution is 2.34. The van der Waals surface area contributed by atoms with Gasteiger partial charge >= 0.3 is 0 Å². The van der Waals surface area contributed by atoms with E-state index in [9.17, 15) is 4.79 Å². The molecule has 0 aliphatic heterocycles. The Bertz CT molecular complexity index is 661. The number of carbonyl (C=O) groups excluding carboxylic acids is 1. The number of hydrogen-bond donors (Lipinski definition) is 2. The zero-order valence-electron chi connectivity index (χ0n) is 10.6. The number of nitrogens with two attached hydrogens (primary N) is 2. The van der Waals surface area contributed by atoms with Crippen LogP contribution in [0.5, 0.6) is 17.4 Å². The number of benzene rings is 1. The predicted octanol–water partition coefficient (Wildman–Crippen LogP) is 2.22. The Balaban J connectivity index is 2.35. The van der Waals surface area contributed by atoms with Crippen LogP contribution in [-0.4, -0.2) is 18.0 Å². The number of nitrogen functional groups attached to an aromatic ring is 1. The molecule has 4 N–H and O–H groups in total. The van der Waals surface area contributed by atoms with Crippen LogP contribution < -0.4 is 20.9 Å². The van der Waals surface area contributed by atoms with Gasteiger partial charge in [-0.1, -0.05) is 11.6 Å². The van der Waals surface area contributed by atoms with Gasteiger partial charge in [0.05, 0.1) is 19.0 Å². The largest absolute Gasteiger partial charge is 0.493 e. The second kappa shape index (κ2) is 5.66. The molecule has 0 unspecified atom stereocenters. The van der Waals surface area contributed by atoms with Gasteiger partial charge in [-0.3, -0.25) is 4.79 Å². The molecule has 1 heterocycles. The third-order valence-electron chi connectivity index (χ3n) is 2.48. The van der Waals surface area contributed by atoms with Crippen molar-refractivity contribution in [3.63, 3.8) is 0 Å². The van der Waals surface area contributed by atoms with Crippen molar-refractivity contribution in [1.29, 1.82) is 0 Å². The zero-order chi connectivity index (χ0) is 14.7.